The molecule has 60 heavy (non-hydrogen) atoms. The summed E-state index contributed by atoms with van der Waals surface area (Å²) in [6.07, 6.45) is 10.0. The van der Waals surface area contributed by atoms with Crippen LogP contribution in [-0.4, -0.2) is 54.2 Å². The smallest absolute Gasteiger partial charge is 0.344 e. The van der Waals surface area contributed by atoms with Crippen LogP contribution < -0.4 is 10.1 Å². The zero-order valence-electron chi connectivity index (χ0n) is 34.1. The molecular weight excluding hydrogens is 751 g/mol. The second-order valence-corrected chi connectivity index (χ2v) is 14.2. The number of aromatic nitrogens is 2. The Morgan fingerprint density at radius 2 is 1.28 bits per heavy atom. The van der Waals surface area contributed by atoms with Gasteiger partial charge in [0, 0.05) is 41.3 Å². The molecule has 0 saturated carbocycles. The molecule has 5 aromatic carbocycles. The summed E-state index contributed by atoms with van der Waals surface area (Å²) >= 11 is 0. The van der Waals surface area contributed by atoms with Gasteiger partial charge in [0.1, 0.15) is 11.6 Å². The molecule has 2 N–H and O–H groups in total. The van der Waals surface area contributed by atoms with Crippen LogP contribution in [0.2, 0.25) is 0 Å². The van der Waals surface area contributed by atoms with E-state index in [1.807, 2.05) is 85.8 Å². The molecule has 0 radical (unpaired) electrons. The van der Waals surface area contributed by atoms with Crippen LogP contribution in [-0.2, 0) is 23.9 Å². The highest BCUT2D eigenvalue weighted by molar-refractivity contribution is 5.92. The highest BCUT2D eigenvalue weighted by atomic mass is 16.6. The molecule has 0 saturated heterocycles. The lowest BCUT2D eigenvalue weighted by Gasteiger charge is -2.18. The van der Waals surface area contributed by atoms with E-state index in [4.69, 9.17) is 19.2 Å². The second-order valence-electron chi connectivity index (χ2n) is 14.2. The third-order valence-electron chi connectivity index (χ3n) is 9.83. The van der Waals surface area contributed by atoms with E-state index in [1.54, 1.807) is 31.2 Å². The number of ether oxygens (including phenoxy) is 3. The Morgan fingerprint density at radius 1 is 0.683 bits per heavy atom. The fourth-order valence-electron chi connectivity index (χ4n) is 6.66. The first-order valence-electron chi connectivity index (χ1n) is 20.5. The summed E-state index contributed by atoms with van der Waals surface area (Å²) in [6, 6.07) is 44.1. The van der Waals surface area contributed by atoms with Gasteiger partial charge in [0.05, 0.1) is 24.6 Å². The van der Waals surface area contributed by atoms with Crippen molar-refractivity contribution in [1.29, 1.82) is 0 Å². The van der Waals surface area contributed by atoms with Crippen molar-refractivity contribution in [3.8, 4) is 39.7 Å². The second kappa shape index (κ2) is 22.2. The highest BCUT2D eigenvalue weighted by Gasteiger charge is 2.17. The number of esters is 2. The predicted octanol–water partition coefficient (Wildman–Crippen LogP) is 10.5. The van der Waals surface area contributed by atoms with E-state index in [1.165, 1.54) is 17.2 Å². The molecule has 0 fully saturated rings. The maximum atomic E-state index is 12.8. The van der Waals surface area contributed by atoms with Crippen molar-refractivity contribution in [2.24, 2.45) is 0 Å². The van der Waals surface area contributed by atoms with Crippen molar-refractivity contribution in [3.63, 3.8) is 0 Å². The van der Waals surface area contributed by atoms with Gasteiger partial charge in [0.15, 0.2) is 6.61 Å². The number of nitrogens with zero attached hydrogens (tertiary/aromatic N) is 1. The molecule has 0 aliphatic heterocycles. The third kappa shape index (κ3) is 12.5. The Bertz CT molecular complexity index is 2290. The molecule has 9 heteroatoms. The van der Waals surface area contributed by atoms with Gasteiger partial charge in [-0.15, -0.1) is 0 Å². The molecule has 6 aromatic rings. The van der Waals surface area contributed by atoms with Gasteiger partial charge in [-0.3, -0.25) is 4.79 Å². The molecule has 0 unspecified atom stereocenters. The van der Waals surface area contributed by atoms with Crippen molar-refractivity contribution in [3.05, 3.63) is 168 Å². The zero-order chi connectivity index (χ0) is 41.9. The Balaban J connectivity index is 1.13. The number of hydrogen-bond acceptors (Lipinski definition) is 7. The van der Waals surface area contributed by atoms with Crippen LogP contribution in [0.1, 0.15) is 67.7 Å². The molecule has 0 aliphatic rings. The monoisotopic (exact) mass is 801 g/mol. The number of amides is 1. The third-order valence-corrected chi connectivity index (χ3v) is 9.83. The van der Waals surface area contributed by atoms with E-state index >= 15 is 0 Å². The summed E-state index contributed by atoms with van der Waals surface area (Å²) < 4.78 is 15.9. The van der Waals surface area contributed by atoms with Crippen LogP contribution >= 0.6 is 0 Å². The fraction of sp³-hybridized carbons (Fsp3) is 0.216. The number of benzene rings is 5. The van der Waals surface area contributed by atoms with Gasteiger partial charge in [-0.05, 0) is 84.9 Å². The molecule has 1 heterocycles. The fourth-order valence-corrected chi connectivity index (χ4v) is 6.66. The average Bonchev–Trinajstić information content (AvgIpc) is 3.74. The molecule has 6 rings (SSSR count). The quantitative estimate of drug-likeness (QED) is 0.0448. The molecule has 0 atom stereocenters. The van der Waals surface area contributed by atoms with Crippen LogP contribution in [0.25, 0.3) is 46.1 Å². The maximum Gasteiger partial charge on any atom is 0.344 e. The first kappa shape index (κ1) is 42.6. The summed E-state index contributed by atoms with van der Waals surface area (Å²) in [5.74, 6) is 0.535. The van der Waals surface area contributed by atoms with Crippen molar-refractivity contribution in [1.82, 2.24) is 15.3 Å². The SMILES string of the molecule is CCCCOC(=O)COc1ccc(-c2nc(-c3ccc(/C=C/C(=O)OCC)cc3)[nH]c2-c2ccc(/C=C/C(=O)NCCCC(c3ccccc3)c3ccccc3)cc2)cc1. The molecule has 1 amide bonds. The van der Waals surface area contributed by atoms with Gasteiger partial charge in [-0.25, -0.2) is 14.6 Å². The first-order valence-corrected chi connectivity index (χ1v) is 20.5. The van der Waals surface area contributed by atoms with E-state index in [0.29, 0.717) is 31.3 Å². The Hall–Kier alpha value is -7.00. The molecule has 0 bridgehead atoms. The lowest BCUT2D eigenvalue weighted by atomic mass is 9.87. The van der Waals surface area contributed by atoms with Crippen molar-refractivity contribution in [2.45, 2.75) is 45.4 Å². The first-order chi connectivity index (χ1) is 29.4. The number of H-pyrrole nitrogens is 1. The molecular formula is C51H51N3O6. The summed E-state index contributed by atoms with van der Waals surface area (Å²) in [4.78, 5) is 45.3. The van der Waals surface area contributed by atoms with E-state index in [2.05, 4.69) is 58.8 Å². The molecule has 0 aliphatic carbocycles. The van der Waals surface area contributed by atoms with Gasteiger partial charge in [0.2, 0.25) is 5.91 Å². The number of aromatic amines is 1. The molecule has 9 nitrogen and oxygen atoms in total. The minimum absolute atomic E-state index is 0.140. The normalized spacial score (nSPS) is 11.2. The molecule has 306 valence electrons. The van der Waals surface area contributed by atoms with Crippen LogP contribution in [0.15, 0.2) is 146 Å². The molecule has 0 spiro atoms. The van der Waals surface area contributed by atoms with Crippen LogP contribution in [0.3, 0.4) is 0 Å². The number of unbranched alkanes of at least 4 members (excludes halogenated alkanes) is 1. The summed E-state index contributed by atoms with van der Waals surface area (Å²) in [5, 5.41) is 3.05. The van der Waals surface area contributed by atoms with E-state index in [-0.39, 0.29) is 18.4 Å². The van der Waals surface area contributed by atoms with Gasteiger partial charge in [-0.2, -0.15) is 0 Å². The topological polar surface area (TPSA) is 120 Å². The molecule has 1 aromatic heterocycles. The van der Waals surface area contributed by atoms with E-state index in [9.17, 15) is 14.4 Å². The summed E-state index contributed by atoms with van der Waals surface area (Å²) in [6.45, 7) is 4.92. The number of nitrogens with one attached hydrogen (secondary N) is 2. The van der Waals surface area contributed by atoms with Crippen LogP contribution in [0.5, 0.6) is 5.75 Å². The lowest BCUT2D eigenvalue weighted by Crippen LogP contribution is -2.22. The largest absolute Gasteiger partial charge is 0.482 e. The average molecular weight is 802 g/mol. The van der Waals surface area contributed by atoms with Crippen molar-refractivity contribution < 1.29 is 28.6 Å². The number of rotatable bonds is 20. The maximum absolute atomic E-state index is 12.8. The van der Waals surface area contributed by atoms with Gasteiger partial charge < -0.3 is 24.5 Å². The summed E-state index contributed by atoms with van der Waals surface area (Å²) in [7, 11) is 0. The van der Waals surface area contributed by atoms with Gasteiger partial charge in [0.25, 0.3) is 0 Å². The van der Waals surface area contributed by atoms with Gasteiger partial charge in [-0.1, -0.05) is 123 Å². The Kier molecular flexibility index (Phi) is 15.8. The minimum Gasteiger partial charge on any atom is -0.482 e. The number of carbonyl (C=O) groups excluding carboxylic acids is 3. The standard InChI is InChI=1S/C51H51N3O6/c1-3-5-35-59-48(57)36-60-44-30-28-42(29-31-44)50-49(53-51(54-50)43-26-20-38(21-27-43)23-33-47(56)58-4-2)41-24-18-37(19-25-41)22-32-46(55)52-34-12-17-45(39-13-8-6-9-14-39)40-15-10-7-11-16-40/h6-11,13-16,18-33,45H,3-5,12,17,34-36H2,1-2H3,(H,52,55)(H,53,54)/b32-22+,33-23+. The number of hydrogen-bond donors (Lipinski definition) is 2. The number of carbonyl (C=O) groups is 3. The lowest BCUT2D eigenvalue weighted by molar-refractivity contribution is -0.146. The van der Waals surface area contributed by atoms with E-state index < -0.39 is 11.9 Å². The number of imidazole rings is 1. The van der Waals surface area contributed by atoms with E-state index in [0.717, 1.165) is 64.9 Å². The predicted molar refractivity (Wildman–Crippen MR) is 238 cm³/mol. The van der Waals surface area contributed by atoms with Crippen LogP contribution in [0, 0.1) is 0 Å². The Labute approximate surface area is 352 Å². The minimum atomic E-state index is -0.403. The Morgan fingerprint density at radius 3 is 1.90 bits per heavy atom. The van der Waals surface area contributed by atoms with Crippen molar-refractivity contribution >= 4 is 30.0 Å². The van der Waals surface area contributed by atoms with Crippen molar-refractivity contribution in [2.75, 3.05) is 26.4 Å². The summed E-state index contributed by atoms with van der Waals surface area (Å²) in [5.41, 5.74) is 8.42. The highest BCUT2D eigenvalue weighted by Crippen LogP contribution is 2.34. The van der Waals surface area contributed by atoms with Crippen LogP contribution in [0.4, 0.5) is 0 Å². The zero-order valence-corrected chi connectivity index (χ0v) is 34.1. The van der Waals surface area contributed by atoms with Gasteiger partial charge >= 0.3 is 11.9 Å².